The summed E-state index contributed by atoms with van der Waals surface area (Å²) in [4.78, 5) is -0.617. The highest BCUT2D eigenvalue weighted by atomic mass is 32.2. The lowest BCUT2D eigenvalue weighted by atomic mass is 9.85. The normalized spacial score (nSPS) is 22.9. The fourth-order valence-corrected chi connectivity index (χ4v) is 6.37. The summed E-state index contributed by atoms with van der Waals surface area (Å²) < 4.78 is 57.3. The van der Waals surface area contributed by atoms with Crippen LogP contribution in [0.5, 0.6) is 0 Å². The van der Waals surface area contributed by atoms with Gasteiger partial charge >= 0.3 is 0 Å². The molecule has 1 unspecified atom stereocenters. The molecule has 2 aliphatic rings. The Labute approximate surface area is 170 Å². The maximum absolute atomic E-state index is 15.1. The van der Waals surface area contributed by atoms with Crippen LogP contribution in [-0.2, 0) is 9.84 Å². The molecule has 0 radical (unpaired) electrons. The highest BCUT2D eigenvalue weighted by molar-refractivity contribution is 7.95. The number of sulfone groups is 1. The van der Waals surface area contributed by atoms with Crippen LogP contribution in [0.4, 0.5) is 8.78 Å². The molecule has 6 heteroatoms. The Hall–Kier alpha value is -2.05. The summed E-state index contributed by atoms with van der Waals surface area (Å²) in [6, 6.07) is 14.2. The van der Waals surface area contributed by atoms with Gasteiger partial charge in [-0.15, -0.1) is 0 Å². The Morgan fingerprint density at radius 2 is 1.55 bits per heavy atom. The minimum Gasteiger partial charge on any atom is -0.383 e. The van der Waals surface area contributed by atoms with Gasteiger partial charge in [0, 0.05) is 5.57 Å². The molecule has 29 heavy (non-hydrogen) atoms. The largest absolute Gasteiger partial charge is 0.383 e. The molecular formula is C23H24F2O3S. The molecule has 2 aromatic rings. The molecule has 154 valence electrons. The molecule has 2 fully saturated rings. The molecule has 1 N–H and O–H groups in total. The molecule has 1 spiro atoms. The van der Waals surface area contributed by atoms with Crippen molar-refractivity contribution in [3.63, 3.8) is 0 Å². The molecule has 0 saturated heterocycles. The van der Waals surface area contributed by atoms with Crippen molar-refractivity contribution in [1.29, 1.82) is 0 Å². The predicted molar refractivity (Wildman–Crippen MR) is 107 cm³/mol. The van der Waals surface area contributed by atoms with E-state index in [0.29, 0.717) is 18.4 Å². The van der Waals surface area contributed by atoms with Crippen LogP contribution in [0.25, 0.3) is 0 Å². The topological polar surface area (TPSA) is 54.4 Å². The van der Waals surface area contributed by atoms with E-state index in [9.17, 15) is 13.5 Å². The SMILES string of the molecule is Cc1ccc(S(=O)(=O)/C(=C2/C(F)(F)C23CCCCC3)C(O)c2ccccc2)cc1. The smallest absolute Gasteiger partial charge is 0.280 e. The first kappa shape index (κ1) is 20.2. The third-order valence-electron chi connectivity index (χ3n) is 6.27. The number of hydrogen-bond acceptors (Lipinski definition) is 3. The Balaban J connectivity index is 1.93. The first-order valence-electron chi connectivity index (χ1n) is 9.89. The molecule has 0 heterocycles. The number of aliphatic hydroxyl groups is 1. The minimum absolute atomic E-state index is 0.0748. The van der Waals surface area contributed by atoms with Gasteiger partial charge in [0.05, 0.1) is 15.2 Å². The summed E-state index contributed by atoms with van der Waals surface area (Å²) >= 11 is 0. The highest BCUT2D eigenvalue weighted by Crippen LogP contribution is 2.74. The number of rotatable bonds is 4. The lowest BCUT2D eigenvalue weighted by Crippen LogP contribution is -2.16. The zero-order chi connectivity index (χ0) is 20.9. The van der Waals surface area contributed by atoms with Crippen molar-refractivity contribution < 1.29 is 22.3 Å². The van der Waals surface area contributed by atoms with Crippen molar-refractivity contribution in [3.8, 4) is 0 Å². The van der Waals surface area contributed by atoms with Gasteiger partial charge in [0.15, 0.2) is 0 Å². The van der Waals surface area contributed by atoms with E-state index in [4.69, 9.17) is 0 Å². The van der Waals surface area contributed by atoms with Crippen LogP contribution in [0.15, 0.2) is 70.0 Å². The first-order chi connectivity index (χ1) is 13.7. The Kier molecular flexibility index (Phi) is 4.90. The minimum atomic E-state index is -4.30. The van der Waals surface area contributed by atoms with E-state index >= 15 is 8.78 Å². The molecular weight excluding hydrogens is 394 g/mol. The van der Waals surface area contributed by atoms with E-state index in [2.05, 4.69) is 0 Å². The summed E-state index contributed by atoms with van der Waals surface area (Å²) in [5.41, 5.74) is -0.670. The Morgan fingerprint density at radius 1 is 0.966 bits per heavy atom. The van der Waals surface area contributed by atoms with Gasteiger partial charge in [-0.3, -0.25) is 0 Å². The molecule has 3 nitrogen and oxygen atoms in total. The maximum Gasteiger partial charge on any atom is 0.280 e. The third-order valence-corrected chi connectivity index (χ3v) is 8.17. The van der Waals surface area contributed by atoms with Crippen LogP contribution in [0.1, 0.15) is 49.3 Å². The van der Waals surface area contributed by atoms with Crippen LogP contribution in [0.3, 0.4) is 0 Å². The zero-order valence-corrected chi connectivity index (χ0v) is 17.1. The van der Waals surface area contributed by atoms with Gasteiger partial charge in [-0.2, -0.15) is 0 Å². The van der Waals surface area contributed by atoms with Crippen LogP contribution >= 0.6 is 0 Å². The van der Waals surface area contributed by atoms with Crippen LogP contribution in [0, 0.1) is 12.3 Å². The summed E-state index contributed by atoms with van der Waals surface area (Å²) in [7, 11) is -4.30. The van der Waals surface area contributed by atoms with Crippen molar-refractivity contribution in [3.05, 3.63) is 76.2 Å². The van der Waals surface area contributed by atoms with Crippen molar-refractivity contribution in [2.45, 2.75) is 55.9 Å². The van der Waals surface area contributed by atoms with E-state index in [1.165, 1.54) is 12.1 Å². The van der Waals surface area contributed by atoms with Gasteiger partial charge in [-0.25, -0.2) is 17.2 Å². The molecule has 2 aliphatic carbocycles. The average molecular weight is 419 g/mol. The second-order valence-corrected chi connectivity index (χ2v) is 10.0. The highest BCUT2D eigenvalue weighted by Gasteiger charge is 2.77. The molecule has 0 aromatic heterocycles. The lowest BCUT2D eigenvalue weighted by Gasteiger charge is -2.21. The molecule has 0 aliphatic heterocycles. The second kappa shape index (κ2) is 7.03. The van der Waals surface area contributed by atoms with Gasteiger partial charge < -0.3 is 5.11 Å². The van der Waals surface area contributed by atoms with E-state index in [0.717, 1.165) is 12.0 Å². The molecule has 1 atom stereocenters. The lowest BCUT2D eigenvalue weighted by molar-refractivity contribution is 0.0508. The number of aryl methyl sites for hydroxylation is 1. The summed E-state index contributed by atoms with van der Waals surface area (Å²) in [6.45, 7) is 1.82. The van der Waals surface area contributed by atoms with Gasteiger partial charge in [-0.1, -0.05) is 67.3 Å². The Bertz CT molecular complexity index is 1040. The first-order valence-corrected chi connectivity index (χ1v) is 11.4. The number of aliphatic hydroxyl groups excluding tert-OH is 1. The molecule has 2 aromatic carbocycles. The number of benzene rings is 2. The summed E-state index contributed by atoms with van der Waals surface area (Å²) in [5.74, 6) is -3.21. The van der Waals surface area contributed by atoms with Crippen LogP contribution in [-0.4, -0.2) is 19.4 Å². The van der Waals surface area contributed by atoms with Crippen LogP contribution < -0.4 is 0 Å². The number of allylic oxidation sites excluding steroid dienone is 1. The quantitative estimate of drug-likeness (QED) is 0.728. The van der Waals surface area contributed by atoms with Crippen molar-refractivity contribution in [2.75, 3.05) is 0 Å². The van der Waals surface area contributed by atoms with Crippen molar-refractivity contribution >= 4 is 9.84 Å². The van der Waals surface area contributed by atoms with Gasteiger partial charge in [0.1, 0.15) is 6.10 Å². The van der Waals surface area contributed by atoms with Crippen LogP contribution in [0.2, 0.25) is 0 Å². The van der Waals surface area contributed by atoms with E-state index in [-0.39, 0.29) is 23.3 Å². The van der Waals surface area contributed by atoms with E-state index in [1.807, 2.05) is 6.92 Å². The van der Waals surface area contributed by atoms with Gasteiger partial charge in [-0.05, 0) is 37.5 Å². The van der Waals surface area contributed by atoms with Crippen molar-refractivity contribution in [1.82, 2.24) is 0 Å². The predicted octanol–water partition coefficient (Wildman–Crippen LogP) is 5.36. The van der Waals surface area contributed by atoms with Crippen molar-refractivity contribution in [2.24, 2.45) is 5.41 Å². The molecule has 0 bridgehead atoms. The average Bonchev–Trinajstić information content (AvgIpc) is 3.16. The van der Waals surface area contributed by atoms with E-state index < -0.39 is 32.2 Å². The fourth-order valence-electron chi connectivity index (χ4n) is 4.60. The number of hydrogen-bond donors (Lipinski definition) is 1. The summed E-state index contributed by atoms with van der Waals surface area (Å²) in [5, 5.41) is 11.0. The number of halogens is 2. The Morgan fingerprint density at radius 3 is 2.14 bits per heavy atom. The summed E-state index contributed by atoms with van der Waals surface area (Å²) in [6.07, 6.45) is 1.01. The molecule has 4 rings (SSSR count). The standard InChI is InChI=1S/C23H24F2O3S/c1-16-10-12-18(13-11-16)29(27,28)20(19(26)17-8-4-2-5-9-17)21-22(23(21,24)25)14-6-3-7-15-22/h2,4-5,8-13,19,26H,3,6-7,14-15H2,1H3/b21-20+. The molecule has 0 amide bonds. The monoisotopic (exact) mass is 418 g/mol. The molecule has 2 saturated carbocycles. The fraction of sp³-hybridized carbons (Fsp3) is 0.391. The van der Waals surface area contributed by atoms with E-state index in [1.54, 1.807) is 42.5 Å². The second-order valence-electron chi connectivity index (χ2n) is 8.09. The maximum atomic E-state index is 15.1. The van der Waals surface area contributed by atoms with Gasteiger partial charge in [0.25, 0.3) is 5.92 Å². The number of alkyl halides is 2. The third kappa shape index (κ3) is 3.13. The van der Waals surface area contributed by atoms with Gasteiger partial charge in [0.2, 0.25) is 9.84 Å². The zero-order valence-electron chi connectivity index (χ0n) is 16.2.